The second-order valence-electron chi connectivity index (χ2n) is 4.56. The molecule has 23 heavy (non-hydrogen) atoms. The summed E-state index contributed by atoms with van der Waals surface area (Å²) in [4.78, 5) is 29.1. The van der Waals surface area contributed by atoms with Gasteiger partial charge in [-0.15, -0.1) is 5.10 Å². The maximum Gasteiger partial charge on any atom is 0.268 e. The lowest BCUT2D eigenvalue weighted by atomic mass is 10.1. The molecule has 2 heterocycles. The predicted molar refractivity (Wildman–Crippen MR) is 83.7 cm³/mol. The van der Waals surface area contributed by atoms with Gasteiger partial charge in [-0.1, -0.05) is 29.4 Å². The summed E-state index contributed by atoms with van der Waals surface area (Å²) in [5, 5.41) is 6.63. The number of carbonyl (C=O) groups is 2. The minimum absolute atomic E-state index is 0.135. The van der Waals surface area contributed by atoms with Crippen molar-refractivity contribution in [3.63, 3.8) is 0 Å². The number of nitrogens with zero attached hydrogens (tertiary/aromatic N) is 2. The SMILES string of the molecule is O=C(Cc1cc(Sc2cccc(Cl)c2)co1)C(=O)c1nc[nH]n1. The summed E-state index contributed by atoms with van der Waals surface area (Å²) in [5.74, 6) is -1.11. The van der Waals surface area contributed by atoms with E-state index in [2.05, 4.69) is 15.2 Å². The molecule has 1 aromatic carbocycles. The largest absolute Gasteiger partial charge is 0.468 e. The van der Waals surface area contributed by atoms with Crippen LogP contribution in [-0.2, 0) is 11.2 Å². The van der Waals surface area contributed by atoms with Crippen molar-refractivity contribution in [3.8, 4) is 0 Å². The molecule has 1 N–H and O–H groups in total. The molecule has 116 valence electrons. The Labute approximate surface area is 140 Å². The summed E-state index contributed by atoms with van der Waals surface area (Å²) in [5.41, 5.74) is 0. The Morgan fingerprint density at radius 1 is 1.26 bits per heavy atom. The van der Waals surface area contributed by atoms with Crippen molar-refractivity contribution >= 4 is 34.9 Å². The van der Waals surface area contributed by atoms with E-state index in [-0.39, 0.29) is 12.2 Å². The number of carbonyl (C=O) groups excluding carboxylic acids is 2. The third kappa shape index (κ3) is 3.88. The van der Waals surface area contributed by atoms with Crippen LogP contribution in [0, 0.1) is 0 Å². The predicted octanol–water partition coefficient (Wildman–Crippen LogP) is 3.20. The van der Waals surface area contributed by atoms with Crippen LogP contribution in [0.5, 0.6) is 0 Å². The van der Waals surface area contributed by atoms with Crippen LogP contribution in [0.4, 0.5) is 0 Å². The molecular formula is C15H10ClN3O3S. The molecule has 0 atom stereocenters. The van der Waals surface area contributed by atoms with Gasteiger partial charge in [0, 0.05) is 9.92 Å². The van der Waals surface area contributed by atoms with Crippen LogP contribution in [0.15, 0.2) is 57.1 Å². The highest BCUT2D eigenvalue weighted by atomic mass is 35.5. The molecule has 3 rings (SSSR count). The highest BCUT2D eigenvalue weighted by molar-refractivity contribution is 7.99. The van der Waals surface area contributed by atoms with E-state index < -0.39 is 11.6 Å². The van der Waals surface area contributed by atoms with E-state index in [4.69, 9.17) is 16.0 Å². The van der Waals surface area contributed by atoms with Gasteiger partial charge in [0.05, 0.1) is 11.3 Å². The molecule has 0 radical (unpaired) electrons. The third-order valence-corrected chi connectivity index (χ3v) is 4.04. The number of halogens is 1. The van der Waals surface area contributed by atoms with Gasteiger partial charge in [0.2, 0.25) is 11.6 Å². The van der Waals surface area contributed by atoms with Gasteiger partial charge in [0.25, 0.3) is 5.78 Å². The van der Waals surface area contributed by atoms with Crippen LogP contribution in [0.25, 0.3) is 0 Å². The standard InChI is InChI=1S/C15H10ClN3O3S/c16-9-2-1-3-11(4-9)23-12-5-10(22-7-12)6-13(20)14(21)15-17-8-18-19-15/h1-5,7-8H,6H2,(H,17,18,19). The van der Waals surface area contributed by atoms with Crippen molar-refractivity contribution in [2.45, 2.75) is 16.2 Å². The first-order valence-electron chi connectivity index (χ1n) is 6.56. The van der Waals surface area contributed by atoms with Gasteiger partial charge < -0.3 is 4.42 Å². The zero-order chi connectivity index (χ0) is 16.2. The monoisotopic (exact) mass is 347 g/mol. The summed E-state index contributed by atoms with van der Waals surface area (Å²) in [6.07, 6.45) is 2.64. The molecule has 0 aliphatic heterocycles. The minimum Gasteiger partial charge on any atom is -0.468 e. The van der Waals surface area contributed by atoms with Crippen molar-refractivity contribution in [2.24, 2.45) is 0 Å². The van der Waals surface area contributed by atoms with Crippen LogP contribution in [0.2, 0.25) is 5.02 Å². The highest BCUT2D eigenvalue weighted by Gasteiger charge is 2.21. The van der Waals surface area contributed by atoms with E-state index >= 15 is 0 Å². The fourth-order valence-electron chi connectivity index (χ4n) is 1.85. The van der Waals surface area contributed by atoms with Gasteiger partial charge in [0.15, 0.2) is 0 Å². The third-order valence-electron chi connectivity index (χ3n) is 2.87. The smallest absolute Gasteiger partial charge is 0.268 e. The molecule has 0 amide bonds. The molecule has 0 saturated heterocycles. The van der Waals surface area contributed by atoms with Crippen LogP contribution in [0.1, 0.15) is 16.4 Å². The summed E-state index contributed by atoms with van der Waals surface area (Å²) in [6.45, 7) is 0. The minimum atomic E-state index is -0.744. The number of benzene rings is 1. The average Bonchev–Trinajstić information content (AvgIpc) is 3.18. The summed E-state index contributed by atoms with van der Waals surface area (Å²) in [6, 6.07) is 9.11. The Morgan fingerprint density at radius 3 is 2.87 bits per heavy atom. The quantitative estimate of drug-likeness (QED) is 0.544. The van der Waals surface area contributed by atoms with E-state index in [0.717, 1.165) is 9.79 Å². The number of H-pyrrole nitrogens is 1. The van der Waals surface area contributed by atoms with Gasteiger partial charge in [-0.3, -0.25) is 14.7 Å². The Hall–Kier alpha value is -2.38. The van der Waals surface area contributed by atoms with Gasteiger partial charge in [-0.2, -0.15) is 0 Å². The first-order chi connectivity index (χ1) is 11.1. The van der Waals surface area contributed by atoms with E-state index in [1.54, 1.807) is 12.1 Å². The van der Waals surface area contributed by atoms with E-state index in [1.165, 1.54) is 24.4 Å². The number of rotatable bonds is 6. The fourth-order valence-corrected chi connectivity index (χ4v) is 3.00. The number of hydrogen-bond donors (Lipinski definition) is 1. The highest BCUT2D eigenvalue weighted by Crippen LogP contribution is 2.30. The van der Waals surface area contributed by atoms with Crippen molar-refractivity contribution in [1.29, 1.82) is 0 Å². The van der Waals surface area contributed by atoms with Gasteiger partial charge in [0.1, 0.15) is 18.4 Å². The number of hydrogen-bond acceptors (Lipinski definition) is 6. The van der Waals surface area contributed by atoms with Crippen LogP contribution in [-0.4, -0.2) is 26.7 Å². The Morgan fingerprint density at radius 2 is 2.13 bits per heavy atom. The Kier molecular flexibility index (Phi) is 4.59. The second-order valence-corrected chi connectivity index (χ2v) is 6.14. The average molecular weight is 348 g/mol. The lowest BCUT2D eigenvalue weighted by Crippen LogP contribution is -2.17. The summed E-state index contributed by atoms with van der Waals surface area (Å²) in [7, 11) is 0. The second kappa shape index (κ2) is 6.80. The van der Waals surface area contributed by atoms with E-state index in [1.807, 2.05) is 18.2 Å². The Bertz CT molecular complexity index is 845. The molecule has 6 nitrogen and oxygen atoms in total. The van der Waals surface area contributed by atoms with Crippen molar-refractivity contribution in [3.05, 3.63) is 59.5 Å². The zero-order valence-corrected chi connectivity index (χ0v) is 13.2. The molecular weight excluding hydrogens is 338 g/mol. The molecule has 0 aliphatic rings. The van der Waals surface area contributed by atoms with Gasteiger partial charge in [-0.05, 0) is 24.3 Å². The Balaban J connectivity index is 1.65. The van der Waals surface area contributed by atoms with Crippen LogP contribution < -0.4 is 0 Å². The molecule has 0 spiro atoms. The normalized spacial score (nSPS) is 10.7. The number of ketones is 2. The molecule has 2 aromatic heterocycles. The summed E-state index contributed by atoms with van der Waals surface area (Å²) >= 11 is 7.39. The molecule has 3 aromatic rings. The van der Waals surface area contributed by atoms with Crippen molar-refractivity contribution in [1.82, 2.24) is 15.2 Å². The van der Waals surface area contributed by atoms with Crippen molar-refractivity contribution < 1.29 is 14.0 Å². The first kappa shape index (κ1) is 15.5. The molecule has 8 heteroatoms. The lowest BCUT2D eigenvalue weighted by molar-refractivity contribution is -0.114. The number of aromatic nitrogens is 3. The molecule has 0 saturated carbocycles. The maximum atomic E-state index is 11.9. The fraction of sp³-hybridized carbons (Fsp3) is 0.0667. The number of Topliss-reactive ketones (excluding diaryl/α,β-unsaturated/α-hetero) is 2. The molecule has 0 aliphatic carbocycles. The maximum absolute atomic E-state index is 11.9. The van der Waals surface area contributed by atoms with Crippen LogP contribution in [0.3, 0.4) is 0 Å². The topological polar surface area (TPSA) is 88.9 Å². The number of nitrogens with one attached hydrogen (secondary N) is 1. The summed E-state index contributed by atoms with van der Waals surface area (Å²) < 4.78 is 5.33. The molecule has 0 unspecified atom stereocenters. The van der Waals surface area contributed by atoms with Crippen LogP contribution >= 0.6 is 23.4 Å². The number of furan rings is 1. The van der Waals surface area contributed by atoms with Gasteiger partial charge >= 0.3 is 0 Å². The first-order valence-corrected chi connectivity index (χ1v) is 7.75. The van der Waals surface area contributed by atoms with E-state index in [9.17, 15) is 9.59 Å². The zero-order valence-electron chi connectivity index (χ0n) is 11.7. The molecule has 0 bridgehead atoms. The number of aromatic amines is 1. The molecule has 0 fully saturated rings. The van der Waals surface area contributed by atoms with Crippen molar-refractivity contribution in [2.75, 3.05) is 0 Å². The lowest BCUT2D eigenvalue weighted by Gasteiger charge is -1.97. The van der Waals surface area contributed by atoms with E-state index in [0.29, 0.717) is 10.8 Å². The van der Waals surface area contributed by atoms with Gasteiger partial charge in [-0.25, -0.2) is 4.98 Å².